The Bertz CT molecular complexity index is 306. The summed E-state index contributed by atoms with van der Waals surface area (Å²) in [5, 5.41) is 3.38. The molecule has 1 aromatic rings. The molecule has 0 aromatic heterocycles. The first-order valence-corrected chi connectivity index (χ1v) is 5.54. The molecule has 1 fully saturated rings. The third-order valence-corrected chi connectivity index (χ3v) is 3.47. The molecule has 2 unspecified atom stereocenters. The molecule has 0 saturated heterocycles. The summed E-state index contributed by atoms with van der Waals surface area (Å²) in [6, 6.07) is 9.54. The zero-order chi connectivity index (χ0) is 9.97. The fourth-order valence-corrected chi connectivity index (χ4v) is 2.57. The summed E-state index contributed by atoms with van der Waals surface area (Å²) in [5.74, 6) is 0.786. The molecule has 0 amide bonds. The second-order valence-electron chi connectivity index (χ2n) is 4.35. The molecule has 0 heterocycles. The average Bonchev–Trinajstić information content (AvgIpc) is 2.67. The van der Waals surface area contributed by atoms with Crippen LogP contribution in [0.15, 0.2) is 24.3 Å². The van der Waals surface area contributed by atoms with Crippen molar-refractivity contribution in [3.8, 4) is 0 Å². The zero-order valence-corrected chi connectivity index (χ0v) is 9.09. The van der Waals surface area contributed by atoms with Gasteiger partial charge in [-0.3, -0.25) is 0 Å². The van der Waals surface area contributed by atoms with E-state index in [2.05, 4.69) is 43.6 Å². The second-order valence-corrected chi connectivity index (χ2v) is 4.35. The molecule has 0 bridgehead atoms. The standard InChI is InChI=1S/C13H19N/c1-10-5-3-4-6-13(10)11-7-8-12(9-11)14-2/h3-6,11-12,14H,7-9H2,1-2H3. The van der Waals surface area contributed by atoms with Crippen LogP contribution in [0.4, 0.5) is 0 Å². The van der Waals surface area contributed by atoms with E-state index >= 15 is 0 Å². The predicted molar refractivity (Wildman–Crippen MR) is 60.6 cm³/mol. The SMILES string of the molecule is CNC1CCC(c2ccccc2C)C1. The monoisotopic (exact) mass is 189 g/mol. The van der Waals surface area contributed by atoms with E-state index in [0.29, 0.717) is 0 Å². The van der Waals surface area contributed by atoms with Crippen LogP contribution in [0, 0.1) is 6.92 Å². The van der Waals surface area contributed by atoms with E-state index in [9.17, 15) is 0 Å². The fraction of sp³-hybridized carbons (Fsp3) is 0.538. The topological polar surface area (TPSA) is 12.0 Å². The molecule has 1 nitrogen and oxygen atoms in total. The van der Waals surface area contributed by atoms with Crippen molar-refractivity contribution >= 4 is 0 Å². The minimum absolute atomic E-state index is 0.736. The number of benzene rings is 1. The van der Waals surface area contributed by atoms with Crippen LogP contribution in [0.1, 0.15) is 36.3 Å². The summed E-state index contributed by atoms with van der Waals surface area (Å²) in [7, 11) is 2.07. The van der Waals surface area contributed by atoms with Crippen molar-refractivity contribution in [3.05, 3.63) is 35.4 Å². The van der Waals surface area contributed by atoms with Crippen molar-refractivity contribution in [3.63, 3.8) is 0 Å². The van der Waals surface area contributed by atoms with E-state index in [1.54, 1.807) is 5.56 Å². The minimum atomic E-state index is 0.736. The Hall–Kier alpha value is -0.820. The van der Waals surface area contributed by atoms with Gasteiger partial charge < -0.3 is 5.32 Å². The van der Waals surface area contributed by atoms with Crippen molar-refractivity contribution in [1.82, 2.24) is 5.32 Å². The zero-order valence-electron chi connectivity index (χ0n) is 9.09. The van der Waals surface area contributed by atoms with Gasteiger partial charge in [-0.1, -0.05) is 24.3 Å². The van der Waals surface area contributed by atoms with Crippen LogP contribution >= 0.6 is 0 Å². The molecular weight excluding hydrogens is 170 g/mol. The van der Waals surface area contributed by atoms with Gasteiger partial charge in [0.1, 0.15) is 0 Å². The molecule has 76 valence electrons. The van der Waals surface area contributed by atoms with Gasteiger partial charge in [0.2, 0.25) is 0 Å². The Labute approximate surface area is 86.5 Å². The smallest absolute Gasteiger partial charge is 0.00701 e. The fourth-order valence-electron chi connectivity index (χ4n) is 2.57. The Morgan fingerprint density at radius 2 is 2.00 bits per heavy atom. The summed E-state index contributed by atoms with van der Waals surface area (Å²) >= 11 is 0. The lowest BCUT2D eigenvalue weighted by Gasteiger charge is -2.13. The van der Waals surface area contributed by atoms with Gasteiger partial charge in [0.05, 0.1) is 0 Å². The van der Waals surface area contributed by atoms with Crippen molar-refractivity contribution < 1.29 is 0 Å². The van der Waals surface area contributed by atoms with Crippen molar-refractivity contribution in [2.75, 3.05) is 7.05 Å². The van der Waals surface area contributed by atoms with Gasteiger partial charge in [0, 0.05) is 6.04 Å². The van der Waals surface area contributed by atoms with Gasteiger partial charge in [-0.05, 0) is 50.3 Å². The predicted octanol–water partition coefficient (Wildman–Crippen LogP) is 2.85. The summed E-state index contributed by atoms with van der Waals surface area (Å²) in [6.45, 7) is 2.22. The van der Waals surface area contributed by atoms with Crippen LogP contribution in [0.25, 0.3) is 0 Å². The molecule has 1 N–H and O–H groups in total. The van der Waals surface area contributed by atoms with Gasteiger partial charge in [0.15, 0.2) is 0 Å². The van der Waals surface area contributed by atoms with E-state index in [-0.39, 0.29) is 0 Å². The molecule has 1 aliphatic rings. The number of rotatable bonds is 2. The maximum Gasteiger partial charge on any atom is 0.00701 e. The largest absolute Gasteiger partial charge is 0.317 e. The number of aryl methyl sites for hydroxylation is 1. The highest BCUT2D eigenvalue weighted by molar-refractivity contribution is 5.30. The van der Waals surface area contributed by atoms with E-state index < -0.39 is 0 Å². The number of hydrogen-bond acceptors (Lipinski definition) is 1. The molecule has 1 saturated carbocycles. The maximum atomic E-state index is 3.38. The Balaban J connectivity index is 2.13. The van der Waals surface area contributed by atoms with Crippen LogP contribution < -0.4 is 5.32 Å². The summed E-state index contributed by atoms with van der Waals surface area (Å²) < 4.78 is 0. The molecule has 2 rings (SSSR count). The van der Waals surface area contributed by atoms with Crippen LogP contribution in [0.5, 0.6) is 0 Å². The van der Waals surface area contributed by atoms with Crippen LogP contribution in [0.3, 0.4) is 0 Å². The van der Waals surface area contributed by atoms with E-state index in [1.807, 2.05) is 0 Å². The average molecular weight is 189 g/mol. The van der Waals surface area contributed by atoms with Crippen LogP contribution in [0.2, 0.25) is 0 Å². The Kier molecular flexibility index (Phi) is 2.87. The third-order valence-electron chi connectivity index (χ3n) is 3.47. The molecule has 0 spiro atoms. The second kappa shape index (κ2) is 4.14. The highest BCUT2D eigenvalue weighted by Crippen LogP contribution is 2.35. The first kappa shape index (κ1) is 9.72. The maximum absolute atomic E-state index is 3.38. The summed E-state index contributed by atoms with van der Waals surface area (Å²) in [5.41, 5.74) is 3.01. The van der Waals surface area contributed by atoms with Gasteiger partial charge in [-0.25, -0.2) is 0 Å². The molecule has 1 aliphatic carbocycles. The van der Waals surface area contributed by atoms with Gasteiger partial charge in [0.25, 0.3) is 0 Å². The highest BCUT2D eigenvalue weighted by Gasteiger charge is 2.25. The molecule has 0 radical (unpaired) electrons. The Morgan fingerprint density at radius 1 is 1.21 bits per heavy atom. The Morgan fingerprint density at radius 3 is 2.64 bits per heavy atom. The number of nitrogens with one attached hydrogen (secondary N) is 1. The summed E-state index contributed by atoms with van der Waals surface area (Å²) in [6.07, 6.45) is 3.98. The van der Waals surface area contributed by atoms with E-state index in [1.165, 1.54) is 24.8 Å². The molecule has 1 heteroatoms. The van der Waals surface area contributed by atoms with Gasteiger partial charge >= 0.3 is 0 Å². The lowest BCUT2D eigenvalue weighted by Crippen LogP contribution is -2.21. The van der Waals surface area contributed by atoms with Crippen molar-refractivity contribution in [2.24, 2.45) is 0 Å². The molecule has 0 aliphatic heterocycles. The normalized spacial score (nSPS) is 26.7. The molecule has 14 heavy (non-hydrogen) atoms. The molecule has 1 aromatic carbocycles. The van der Waals surface area contributed by atoms with Gasteiger partial charge in [-0.2, -0.15) is 0 Å². The van der Waals surface area contributed by atoms with E-state index in [0.717, 1.165) is 12.0 Å². The van der Waals surface area contributed by atoms with Crippen molar-refractivity contribution in [1.29, 1.82) is 0 Å². The van der Waals surface area contributed by atoms with Crippen LogP contribution in [-0.2, 0) is 0 Å². The van der Waals surface area contributed by atoms with Crippen LogP contribution in [-0.4, -0.2) is 13.1 Å². The van der Waals surface area contributed by atoms with Gasteiger partial charge in [-0.15, -0.1) is 0 Å². The number of hydrogen-bond donors (Lipinski definition) is 1. The lowest BCUT2D eigenvalue weighted by atomic mass is 9.93. The third kappa shape index (κ3) is 1.83. The lowest BCUT2D eigenvalue weighted by molar-refractivity contribution is 0.571. The molecular formula is C13H19N. The summed E-state index contributed by atoms with van der Waals surface area (Å²) in [4.78, 5) is 0. The first-order valence-electron chi connectivity index (χ1n) is 5.54. The molecule has 2 atom stereocenters. The highest BCUT2D eigenvalue weighted by atomic mass is 14.9. The quantitative estimate of drug-likeness (QED) is 0.754. The first-order chi connectivity index (χ1) is 6.81. The van der Waals surface area contributed by atoms with E-state index in [4.69, 9.17) is 0 Å². The van der Waals surface area contributed by atoms with Crippen molar-refractivity contribution in [2.45, 2.75) is 38.1 Å². The minimum Gasteiger partial charge on any atom is -0.317 e.